The lowest BCUT2D eigenvalue weighted by Gasteiger charge is -2.29. The monoisotopic (exact) mass is 503 g/mol. The number of benzene rings is 4. The lowest BCUT2D eigenvalue weighted by molar-refractivity contribution is 0.301. The molecule has 1 atom stereocenters. The van der Waals surface area contributed by atoms with Crippen molar-refractivity contribution in [3.05, 3.63) is 126 Å². The fourth-order valence-corrected chi connectivity index (χ4v) is 5.40. The third-order valence-electron chi connectivity index (χ3n) is 7.45. The Morgan fingerprint density at radius 1 is 0.553 bits per heavy atom. The van der Waals surface area contributed by atoms with E-state index in [-0.39, 0.29) is 0 Å². The summed E-state index contributed by atoms with van der Waals surface area (Å²) in [4.78, 5) is 2.32. The molecule has 0 spiro atoms. The van der Waals surface area contributed by atoms with E-state index in [2.05, 4.69) is 149 Å². The van der Waals surface area contributed by atoms with Crippen LogP contribution in [-0.4, -0.2) is 0 Å². The molecule has 198 valence electrons. The predicted molar refractivity (Wildman–Crippen MR) is 166 cm³/mol. The first kappa shape index (κ1) is 27.7. The first-order chi connectivity index (χ1) is 18.3. The SMILES string of the molecule is CC(C)C(CC(C)(C)C)c1ccc(CCCCc2ccc(N(c3ccccc3)c3ccccc3)cc2)cc1. The van der Waals surface area contributed by atoms with Crippen LogP contribution in [0.3, 0.4) is 0 Å². The molecule has 0 heterocycles. The van der Waals surface area contributed by atoms with Gasteiger partial charge in [-0.3, -0.25) is 0 Å². The highest BCUT2D eigenvalue weighted by Gasteiger charge is 2.22. The maximum atomic E-state index is 2.38. The van der Waals surface area contributed by atoms with Crippen LogP contribution in [0.15, 0.2) is 109 Å². The van der Waals surface area contributed by atoms with Gasteiger partial charge < -0.3 is 4.90 Å². The zero-order valence-corrected chi connectivity index (χ0v) is 24.0. The number of aryl methyl sites for hydroxylation is 2. The van der Waals surface area contributed by atoms with E-state index < -0.39 is 0 Å². The summed E-state index contributed by atoms with van der Waals surface area (Å²) in [7, 11) is 0. The number of unbranched alkanes of at least 4 members (excludes halogenated alkanes) is 1. The van der Waals surface area contributed by atoms with Crippen LogP contribution in [0, 0.1) is 11.3 Å². The molecule has 0 radical (unpaired) electrons. The van der Waals surface area contributed by atoms with Crippen molar-refractivity contribution < 1.29 is 0 Å². The quantitative estimate of drug-likeness (QED) is 0.184. The highest BCUT2D eigenvalue weighted by atomic mass is 15.1. The summed E-state index contributed by atoms with van der Waals surface area (Å²) in [5.41, 5.74) is 8.27. The Balaban J connectivity index is 1.32. The van der Waals surface area contributed by atoms with Gasteiger partial charge in [0.15, 0.2) is 0 Å². The summed E-state index contributed by atoms with van der Waals surface area (Å²) in [6.07, 6.45) is 5.94. The van der Waals surface area contributed by atoms with Gasteiger partial charge in [0.2, 0.25) is 0 Å². The number of hydrogen-bond donors (Lipinski definition) is 0. The number of nitrogens with zero attached hydrogens (tertiary/aromatic N) is 1. The summed E-state index contributed by atoms with van der Waals surface area (Å²) in [5, 5.41) is 0. The van der Waals surface area contributed by atoms with Gasteiger partial charge in [-0.1, -0.05) is 107 Å². The van der Waals surface area contributed by atoms with Gasteiger partial charge in [0.25, 0.3) is 0 Å². The smallest absolute Gasteiger partial charge is 0.0461 e. The molecule has 0 saturated heterocycles. The topological polar surface area (TPSA) is 3.24 Å². The number of anilines is 3. The molecule has 4 aromatic carbocycles. The van der Waals surface area contributed by atoms with E-state index in [1.54, 1.807) is 0 Å². The van der Waals surface area contributed by atoms with Crippen molar-refractivity contribution in [1.29, 1.82) is 0 Å². The second-order valence-corrected chi connectivity index (χ2v) is 12.2. The van der Waals surface area contributed by atoms with Crippen molar-refractivity contribution in [3.63, 3.8) is 0 Å². The van der Waals surface area contributed by atoms with E-state index in [1.807, 2.05) is 0 Å². The van der Waals surface area contributed by atoms with Gasteiger partial charge in [-0.15, -0.1) is 0 Å². The Morgan fingerprint density at radius 3 is 1.39 bits per heavy atom. The average molecular weight is 504 g/mol. The van der Waals surface area contributed by atoms with Gasteiger partial charge in [-0.05, 0) is 102 Å². The molecule has 4 rings (SSSR count). The third kappa shape index (κ3) is 7.84. The van der Waals surface area contributed by atoms with Gasteiger partial charge in [-0.25, -0.2) is 0 Å². The van der Waals surface area contributed by atoms with Crippen molar-refractivity contribution in [1.82, 2.24) is 0 Å². The van der Waals surface area contributed by atoms with Gasteiger partial charge in [0, 0.05) is 17.1 Å². The molecule has 0 fully saturated rings. The van der Waals surface area contributed by atoms with Crippen molar-refractivity contribution in [2.45, 2.75) is 72.6 Å². The molecule has 0 amide bonds. The Morgan fingerprint density at radius 2 is 0.974 bits per heavy atom. The molecule has 1 nitrogen and oxygen atoms in total. The summed E-state index contributed by atoms with van der Waals surface area (Å²) < 4.78 is 0. The largest absolute Gasteiger partial charge is 0.311 e. The summed E-state index contributed by atoms with van der Waals surface area (Å²) in [5.74, 6) is 1.30. The molecule has 38 heavy (non-hydrogen) atoms. The lowest BCUT2D eigenvalue weighted by Crippen LogP contribution is -2.16. The molecule has 1 heteroatoms. The normalized spacial score (nSPS) is 12.5. The number of rotatable bonds is 11. The van der Waals surface area contributed by atoms with Crippen LogP contribution in [0.25, 0.3) is 0 Å². The zero-order valence-electron chi connectivity index (χ0n) is 24.0. The highest BCUT2D eigenvalue weighted by molar-refractivity contribution is 5.76. The molecule has 0 aliphatic carbocycles. The maximum Gasteiger partial charge on any atom is 0.0461 e. The molecule has 0 aliphatic heterocycles. The van der Waals surface area contributed by atoms with E-state index in [0.717, 1.165) is 12.8 Å². The van der Waals surface area contributed by atoms with E-state index in [0.29, 0.717) is 17.3 Å². The number of hydrogen-bond acceptors (Lipinski definition) is 1. The predicted octanol–water partition coefficient (Wildman–Crippen LogP) is 10.9. The molecule has 0 bridgehead atoms. The molecule has 4 aromatic rings. The standard InChI is InChI=1S/C37H45N/c1-29(2)36(28-37(3,4)5)32-24-20-30(21-25-32)14-12-13-15-31-22-26-35(27-23-31)38(33-16-8-6-9-17-33)34-18-10-7-11-19-34/h6-11,16-27,29,36H,12-15,28H2,1-5H3. The van der Waals surface area contributed by atoms with E-state index >= 15 is 0 Å². The fourth-order valence-electron chi connectivity index (χ4n) is 5.40. The van der Waals surface area contributed by atoms with Crippen LogP contribution in [0.4, 0.5) is 17.1 Å². The molecular weight excluding hydrogens is 458 g/mol. The second kappa shape index (κ2) is 13.0. The molecule has 1 unspecified atom stereocenters. The molecule has 0 aromatic heterocycles. The Labute approximate surface area is 231 Å². The van der Waals surface area contributed by atoms with Crippen molar-refractivity contribution in [2.75, 3.05) is 4.90 Å². The van der Waals surface area contributed by atoms with Crippen LogP contribution in [0.5, 0.6) is 0 Å². The van der Waals surface area contributed by atoms with Crippen molar-refractivity contribution in [2.24, 2.45) is 11.3 Å². The van der Waals surface area contributed by atoms with Crippen LogP contribution in [-0.2, 0) is 12.8 Å². The second-order valence-electron chi connectivity index (χ2n) is 12.2. The minimum atomic E-state index is 0.354. The zero-order chi connectivity index (χ0) is 27.0. The van der Waals surface area contributed by atoms with Crippen molar-refractivity contribution >= 4 is 17.1 Å². The van der Waals surface area contributed by atoms with Crippen molar-refractivity contribution in [3.8, 4) is 0 Å². The van der Waals surface area contributed by atoms with Gasteiger partial charge in [0.05, 0.1) is 0 Å². The first-order valence-corrected chi connectivity index (χ1v) is 14.4. The van der Waals surface area contributed by atoms with Gasteiger partial charge in [-0.2, -0.15) is 0 Å². The lowest BCUT2D eigenvalue weighted by atomic mass is 9.76. The van der Waals surface area contributed by atoms with E-state index in [4.69, 9.17) is 0 Å². The Bertz CT molecular complexity index is 1180. The first-order valence-electron chi connectivity index (χ1n) is 14.4. The number of para-hydroxylation sites is 2. The van der Waals surface area contributed by atoms with Crippen LogP contribution in [0.2, 0.25) is 0 Å². The molecule has 0 saturated carbocycles. The molecule has 0 aliphatic rings. The van der Waals surface area contributed by atoms with Crippen LogP contribution >= 0.6 is 0 Å². The minimum absolute atomic E-state index is 0.354. The minimum Gasteiger partial charge on any atom is -0.311 e. The summed E-state index contributed by atoms with van der Waals surface area (Å²) in [6.45, 7) is 11.8. The van der Waals surface area contributed by atoms with E-state index in [9.17, 15) is 0 Å². The highest BCUT2D eigenvalue weighted by Crippen LogP contribution is 2.37. The van der Waals surface area contributed by atoms with Gasteiger partial charge >= 0.3 is 0 Å². The molecular formula is C37H45N. The van der Waals surface area contributed by atoms with Crippen LogP contribution in [0.1, 0.15) is 76.5 Å². The molecule has 0 N–H and O–H groups in total. The average Bonchev–Trinajstić information content (AvgIpc) is 2.92. The Kier molecular flexibility index (Phi) is 9.45. The summed E-state index contributed by atoms with van der Waals surface area (Å²) in [6, 6.07) is 39.8. The van der Waals surface area contributed by atoms with Gasteiger partial charge in [0.1, 0.15) is 0 Å². The third-order valence-corrected chi connectivity index (χ3v) is 7.45. The van der Waals surface area contributed by atoms with E-state index in [1.165, 1.54) is 53.0 Å². The maximum absolute atomic E-state index is 2.38. The fraction of sp³-hybridized carbons (Fsp3) is 0.351. The summed E-state index contributed by atoms with van der Waals surface area (Å²) >= 11 is 0. The van der Waals surface area contributed by atoms with Crippen LogP contribution < -0.4 is 4.90 Å². The Hall–Kier alpha value is -3.32.